The van der Waals surface area contributed by atoms with Gasteiger partial charge in [0, 0.05) is 19.8 Å². The van der Waals surface area contributed by atoms with E-state index in [0.29, 0.717) is 18.5 Å². The van der Waals surface area contributed by atoms with Gasteiger partial charge < -0.3 is 25.6 Å². The van der Waals surface area contributed by atoms with E-state index in [1.807, 2.05) is 0 Å². The maximum atomic E-state index is 11.3. The van der Waals surface area contributed by atoms with Crippen molar-refractivity contribution in [1.82, 2.24) is 5.32 Å². The zero-order valence-corrected chi connectivity index (χ0v) is 20.8. The average molecular weight is 508 g/mol. The van der Waals surface area contributed by atoms with Gasteiger partial charge in [-0.05, 0) is 74.0 Å². The summed E-state index contributed by atoms with van der Waals surface area (Å²) in [6.45, 7) is 2.65. The number of phenolic OH excluding ortho intramolecular Hbond substituents is 1. The third kappa shape index (κ3) is 11.2. The molecule has 0 saturated carbocycles. The van der Waals surface area contributed by atoms with Gasteiger partial charge in [0.15, 0.2) is 0 Å². The van der Waals surface area contributed by atoms with Crippen LogP contribution >= 0.6 is 0 Å². The number of hydrogen-bond donors (Lipinski definition) is 5. The number of aryl methyl sites for hydroxylation is 1. The lowest BCUT2D eigenvalue weighted by Gasteiger charge is -2.14. The number of hydrogen-bond acceptors (Lipinski definition) is 7. The summed E-state index contributed by atoms with van der Waals surface area (Å²) in [5, 5.41) is 30.7. The Morgan fingerprint density at radius 1 is 0.971 bits per heavy atom. The molecule has 2 aromatic rings. The van der Waals surface area contributed by atoms with E-state index in [1.54, 1.807) is 36.4 Å². The van der Waals surface area contributed by atoms with Gasteiger partial charge in [0.25, 0.3) is 0 Å². The number of sulfonamides is 1. The first-order valence-electron chi connectivity index (χ1n) is 11.9. The minimum Gasteiger partial charge on any atom is -0.506 e. The van der Waals surface area contributed by atoms with E-state index in [2.05, 4.69) is 10.6 Å². The van der Waals surface area contributed by atoms with E-state index in [1.165, 1.54) is 6.07 Å². The molecule has 6 N–H and O–H groups in total. The van der Waals surface area contributed by atoms with Crippen LogP contribution in [0.3, 0.4) is 0 Å². The largest absolute Gasteiger partial charge is 0.506 e. The quantitative estimate of drug-likeness (QED) is 0.118. The highest BCUT2D eigenvalue weighted by Gasteiger charge is 2.10. The summed E-state index contributed by atoms with van der Waals surface area (Å²) in [5.41, 5.74) is 1.98. The molecule has 9 nitrogen and oxygen atoms in total. The first-order valence-corrected chi connectivity index (χ1v) is 13.5. The number of nitrogens with one attached hydrogen (secondary N) is 2. The SMILES string of the molecule is NS(=O)(=O)c1ccc(CCCCOCCCCCCNC[C@H](O)c2ccc(O)c(NC=O)c2)cc1. The van der Waals surface area contributed by atoms with Gasteiger partial charge in [-0.1, -0.05) is 31.0 Å². The summed E-state index contributed by atoms with van der Waals surface area (Å²) in [6.07, 6.45) is 6.74. The second-order valence-corrected chi connectivity index (χ2v) is 9.99. The van der Waals surface area contributed by atoms with E-state index in [9.17, 15) is 23.4 Å². The second kappa shape index (κ2) is 15.5. The number of primary sulfonamides is 1. The Morgan fingerprint density at radius 2 is 1.66 bits per heavy atom. The van der Waals surface area contributed by atoms with E-state index in [0.717, 1.165) is 70.3 Å². The van der Waals surface area contributed by atoms with Crippen molar-refractivity contribution in [2.45, 2.75) is 55.9 Å². The smallest absolute Gasteiger partial charge is 0.238 e. The van der Waals surface area contributed by atoms with Gasteiger partial charge in [-0.25, -0.2) is 13.6 Å². The third-order valence-electron chi connectivity index (χ3n) is 5.61. The van der Waals surface area contributed by atoms with Crippen molar-refractivity contribution in [3.05, 3.63) is 53.6 Å². The number of carbonyl (C=O) groups is 1. The molecule has 35 heavy (non-hydrogen) atoms. The fourth-order valence-electron chi connectivity index (χ4n) is 3.59. The maximum Gasteiger partial charge on any atom is 0.238 e. The van der Waals surface area contributed by atoms with Gasteiger partial charge in [-0.15, -0.1) is 0 Å². The van der Waals surface area contributed by atoms with Gasteiger partial charge in [0.2, 0.25) is 16.4 Å². The predicted molar refractivity (Wildman–Crippen MR) is 136 cm³/mol. The Kier molecular flexibility index (Phi) is 12.7. The number of amides is 1. The summed E-state index contributed by atoms with van der Waals surface area (Å²) in [4.78, 5) is 10.7. The fourth-order valence-corrected chi connectivity index (χ4v) is 4.10. The molecule has 0 spiro atoms. The Balaban J connectivity index is 1.43. The number of benzene rings is 2. The molecule has 0 fully saturated rings. The van der Waals surface area contributed by atoms with E-state index >= 15 is 0 Å². The van der Waals surface area contributed by atoms with Crippen molar-refractivity contribution in [2.24, 2.45) is 5.14 Å². The van der Waals surface area contributed by atoms with Crippen molar-refractivity contribution in [1.29, 1.82) is 0 Å². The first-order chi connectivity index (χ1) is 16.8. The summed E-state index contributed by atoms with van der Waals surface area (Å²) in [5.74, 6) is -0.0416. The van der Waals surface area contributed by atoms with Gasteiger partial charge in [-0.3, -0.25) is 4.79 Å². The monoisotopic (exact) mass is 507 g/mol. The lowest BCUT2D eigenvalue weighted by atomic mass is 10.1. The number of aliphatic hydroxyl groups excluding tert-OH is 1. The van der Waals surface area contributed by atoms with Gasteiger partial charge in [-0.2, -0.15) is 0 Å². The molecule has 0 aromatic heterocycles. The number of phenols is 1. The van der Waals surface area contributed by atoms with Crippen LogP contribution in [-0.2, 0) is 26.0 Å². The molecule has 2 rings (SSSR count). The minimum atomic E-state index is -3.64. The Labute approximate surface area is 207 Å². The minimum absolute atomic E-state index is 0.0416. The molecule has 0 saturated heterocycles. The highest BCUT2D eigenvalue weighted by Crippen LogP contribution is 2.26. The predicted octanol–water partition coefficient (Wildman–Crippen LogP) is 2.83. The Morgan fingerprint density at radius 3 is 2.34 bits per heavy atom. The van der Waals surface area contributed by atoms with Crippen LogP contribution in [0.25, 0.3) is 0 Å². The Bertz CT molecular complexity index is 999. The van der Waals surface area contributed by atoms with Crippen LogP contribution < -0.4 is 15.8 Å². The number of unbranched alkanes of at least 4 members (excludes halogenated alkanes) is 4. The normalized spacial score (nSPS) is 12.4. The molecule has 0 radical (unpaired) electrons. The van der Waals surface area contributed by atoms with Gasteiger partial charge in [0.1, 0.15) is 5.75 Å². The maximum absolute atomic E-state index is 11.3. The molecule has 1 amide bonds. The average Bonchev–Trinajstić information content (AvgIpc) is 2.83. The van der Waals surface area contributed by atoms with Crippen molar-refractivity contribution in [2.75, 3.05) is 31.6 Å². The van der Waals surface area contributed by atoms with Crippen molar-refractivity contribution >= 4 is 22.1 Å². The lowest BCUT2D eigenvalue weighted by molar-refractivity contribution is -0.105. The van der Waals surface area contributed by atoms with E-state index < -0.39 is 16.1 Å². The zero-order valence-electron chi connectivity index (χ0n) is 20.0. The van der Waals surface area contributed by atoms with E-state index in [-0.39, 0.29) is 16.3 Å². The number of nitrogens with two attached hydrogens (primary N) is 1. The summed E-state index contributed by atoms with van der Waals surface area (Å²) >= 11 is 0. The molecular weight excluding hydrogens is 470 g/mol. The molecule has 0 aliphatic heterocycles. The Hall–Kier alpha value is -2.50. The molecule has 0 heterocycles. The summed E-state index contributed by atoms with van der Waals surface area (Å²) in [6, 6.07) is 11.3. The molecule has 10 heteroatoms. The first kappa shape index (κ1) is 28.7. The lowest BCUT2D eigenvalue weighted by Crippen LogP contribution is -2.22. The van der Waals surface area contributed by atoms with Crippen LogP contribution in [0, 0.1) is 0 Å². The molecule has 0 unspecified atom stereocenters. The summed E-state index contributed by atoms with van der Waals surface area (Å²) < 4.78 is 28.2. The molecule has 0 aliphatic rings. The number of ether oxygens (including phenoxy) is 1. The van der Waals surface area contributed by atoms with Gasteiger partial charge >= 0.3 is 0 Å². The number of anilines is 1. The van der Waals surface area contributed by atoms with Crippen LogP contribution in [0.2, 0.25) is 0 Å². The molecule has 0 bridgehead atoms. The van der Waals surface area contributed by atoms with Crippen molar-refractivity contribution in [3.8, 4) is 5.75 Å². The number of rotatable bonds is 18. The number of carbonyl (C=O) groups excluding carboxylic acids is 1. The van der Waals surface area contributed by atoms with Crippen LogP contribution in [0.4, 0.5) is 5.69 Å². The number of aromatic hydroxyl groups is 1. The fraction of sp³-hybridized carbons (Fsp3) is 0.480. The number of aliphatic hydroxyl groups is 1. The standard InChI is InChI=1S/C25H37N3O6S/c26-35(32,33)22-11-8-20(9-12-22)7-3-6-16-34-15-5-2-1-4-14-27-18-25(31)21-10-13-24(30)23(17-21)28-19-29/h8-13,17,19,25,27,30-31H,1-7,14-16,18H2,(H,28,29)(H2,26,32,33)/t25-/m0/s1. The molecule has 2 aromatic carbocycles. The molecule has 0 aliphatic carbocycles. The zero-order chi connectivity index (χ0) is 25.5. The summed E-state index contributed by atoms with van der Waals surface area (Å²) in [7, 11) is -3.64. The van der Waals surface area contributed by atoms with Crippen LogP contribution in [0.15, 0.2) is 47.4 Å². The van der Waals surface area contributed by atoms with Crippen LogP contribution in [0.1, 0.15) is 55.8 Å². The van der Waals surface area contributed by atoms with Crippen molar-refractivity contribution in [3.63, 3.8) is 0 Å². The van der Waals surface area contributed by atoms with Crippen LogP contribution in [0.5, 0.6) is 5.75 Å². The third-order valence-corrected chi connectivity index (χ3v) is 6.53. The van der Waals surface area contributed by atoms with Crippen LogP contribution in [-0.4, -0.2) is 51.3 Å². The van der Waals surface area contributed by atoms with E-state index in [4.69, 9.17) is 9.88 Å². The highest BCUT2D eigenvalue weighted by molar-refractivity contribution is 7.89. The van der Waals surface area contributed by atoms with Crippen molar-refractivity contribution < 1.29 is 28.2 Å². The van der Waals surface area contributed by atoms with Gasteiger partial charge in [0.05, 0.1) is 16.7 Å². The molecule has 194 valence electrons. The molecule has 1 atom stereocenters. The molecular formula is C25H37N3O6S. The topological polar surface area (TPSA) is 151 Å². The second-order valence-electron chi connectivity index (χ2n) is 8.43. The highest BCUT2D eigenvalue weighted by atomic mass is 32.2.